The Kier molecular flexibility index (Phi) is 7.32. The minimum Gasteiger partial charge on any atom is -0.346 e. The number of hydrogen-bond donors (Lipinski definition) is 2. The van der Waals surface area contributed by atoms with E-state index < -0.39 is 0 Å². The molecule has 3 rings (SSSR count). The van der Waals surface area contributed by atoms with E-state index in [9.17, 15) is 14.4 Å². The standard InChI is InChI=1S/C22H20ClN3O3S/c1-14-5-9-20(30-14)19(27)8-10-21(28)26-15-6-7-17(18(23)12-15)22(29)25-13-16-4-2-3-11-24-16/h2-7,9,11-12H,8,10,13H2,1H3,(H,25,29)(H,26,28). The first-order chi connectivity index (χ1) is 14.4. The van der Waals surface area contributed by atoms with E-state index in [0.29, 0.717) is 16.1 Å². The van der Waals surface area contributed by atoms with Crippen molar-refractivity contribution < 1.29 is 14.4 Å². The van der Waals surface area contributed by atoms with Crippen LogP contribution in [0, 0.1) is 6.92 Å². The van der Waals surface area contributed by atoms with Crippen molar-refractivity contribution in [3.05, 3.63) is 80.8 Å². The molecule has 3 aromatic rings. The molecule has 30 heavy (non-hydrogen) atoms. The van der Waals surface area contributed by atoms with E-state index in [1.54, 1.807) is 30.5 Å². The number of thiophene rings is 1. The molecule has 0 saturated heterocycles. The maximum absolute atomic E-state index is 12.3. The molecule has 2 N–H and O–H groups in total. The highest BCUT2D eigenvalue weighted by atomic mass is 35.5. The summed E-state index contributed by atoms with van der Waals surface area (Å²) in [7, 11) is 0. The molecule has 0 spiro atoms. The van der Waals surface area contributed by atoms with Gasteiger partial charge < -0.3 is 10.6 Å². The molecule has 0 aliphatic rings. The lowest BCUT2D eigenvalue weighted by Crippen LogP contribution is -2.23. The average Bonchev–Trinajstić information content (AvgIpc) is 3.17. The van der Waals surface area contributed by atoms with Crippen LogP contribution in [-0.4, -0.2) is 22.6 Å². The fraction of sp³-hybridized carbons (Fsp3) is 0.182. The number of aryl methyl sites for hydroxylation is 1. The molecule has 154 valence electrons. The van der Waals surface area contributed by atoms with Gasteiger partial charge in [-0.05, 0) is 49.4 Å². The molecule has 2 aromatic heterocycles. The number of benzene rings is 1. The van der Waals surface area contributed by atoms with E-state index in [4.69, 9.17) is 11.6 Å². The van der Waals surface area contributed by atoms with Crippen LogP contribution in [0.5, 0.6) is 0 Å². The average molecular weight is 442 g/mol. The van der Waals surface area contributed by atoms with Gasteiger partial charge in [0.1, 0.15) is 0 Å². The lowest BCUT2D eigenvalue weighted by atomic mass is 10.1. The van der Waals surface area contributed by atoms with Gasteiger partial charge in [-0.3, -0.25) is 19.4 Å². The zero-order chi connectivity index (χ0) is 21.5. The first kappa shape index (κ1) is 21.7. The van der Waals surface area contributed by atoms with Gasteiger partial charge in [-0.2, -0.15) is 0 Å². The summed E-state index contributed by atoms with van der Waals surface area (Å²) < 4.78 is 0. The third-order valence-corrected chi connectivity index (χ3v) is 5.60. The molecular weight excluding hydrogens is 422 g/mol. The van der Waals surface area contributed by atoms with Crippen LogP contribution in [-0.2, 0) is 11.3 Å². The van der Waals surface area contributed by atoms with Gasteiger partial charge in [0.25, 0.3) is 5.91 Å². The molecule has 8 heteroatoms. The van der Waals surface area contributed by atoms with Crippen LogP contribution in [0.25, 0.3) is 0 Å². The number of amides is 2. The number of nitrogens with one attached hydrogen (secondary N) is 2. The molecular formula is C22H20ClN3O3S. The zero-order valence-corrected chi connectivity index (χ0v) is 17.8. The van der Waals surface area contributed by atoms with Crippen LogP contribution in [0.4, 0.5) is 5.69 Å². The first-order valence-corrected chi connectivity index (χ1v) is 10.5. The van der Waals surface area contributed by atoms with Crippen LogP contribution >= 0.6 is 22.9 Å². The minimum absolute atomic E-state index is 0.0544. The van der Waals surface area contributed by atoms with Gasteiger partial charge in [0.05, 0.1) is 27.7 Å². The number of ketones is 1. The molecule has 0 saturated carbocycles. The summed E-state index contributed by atoms with van der Waals surface area (Å²) in [5.41, 5.74) is 1.50. The Morgan fingerprint density at radius 3 is 2.57 bits per heavy atom. The smallest absolute Gasteiger partial charge is 0.253 e. The maximum Gasteiger partial charge on any atom is 0.253 e. The number of carbonyl (C=O) groups is 3. The molecule has 2 heterocycles. The second-order valence-corrected chi connectivity index (χ2v) is 8.28. The van der Waals surface area contributed by atoms with Crippen LogP contribution in [0.1, 0.15) is 43.4 Å². The minimum atomic E-state index is -0.333. The Balaban J connectivity index is 1.52. The normalized spacial score (nSPS) is 10.5. The predicted octanol–water partition coefficient (Wildman–Crippen LogP) is 4.64. The quantitative estimate of drug-likeness (QED) is 0.498. The van der Waals surface area contributed by atoms with Crippen LogP contribution in [0.2, 0.25) is 5.02 Å². The number of pyridine rings is 1. The van der Waals surface area contributed by atoms with Gasteiger partial charge in [-0.25, -0.2) is 0 Å². The summed E-state index contributed by atoms with van der Waals surface area (Å²) in [6, 6.07) is 13.8. The fourth-order valence-electron chi connectivity index (χ4n) is 2.70. The highest BCUT2D eigenvalue weighted by Crippen LogP contribution is 2.22. The number of rotatable bonds is 8. The fourth-order valence-corrected chi connectivity index (χ4v) is 3.81. The molecule has 0 bridgehead atoms. The van der Waals surface area contributed by atoms with Crippen LogP contribution < -0.4 is 10.6 Å². The monoisotopic (exact) mass is 441 g/mol. The second-order valence-electron chi connectivity index (χ2n) is 6.58. The molecule has 0 aliphatic heterocycles. The predicted molar refractivity (Wildman–Crippen MR) is 118 cm³/mol. The summed E-state index contributed by atoms with van der Waals surface area (Å²) in [6.45, 7) is 2.21. The van der Waals surface area contributed by atoms with Gasteiger partial charge in [0.2, 0.25) is 5.91 Å². The molecule has 0 radical (unpaired) electrons. The number of nitrogens with zero attached hydrogens (tertiary/aromatic N) is 1. The number of aromatic nitrogens is 1. The third kappa shape index (κ3) is 5.98. The summed E-state index contributed by atoms with van der Waals surface area (Å²) in [5.74, 6) is -0.679. The van der Waals surface area contributed by atoms with Crippen LogP contribution in [0.3, 0.4) is 0 Å². The molecule has 0 unspecified atom stereocenters. The number of carbonyl (C=O) groups excluding carboxylic acids is 3. The van der Waals surface area contributed by atoms with Gasteiger partial charge in [0, 0.05) is 29.6 Å². The van der Waals surface area contributed by atoms with Crippen LogP contribution in [0.15, 0.2) is 54.7 Å². The van der Waals surface area contributed by atoms with Crippen molar-refractivity contribution in [1.29, 1.82) is 0 Å². The van der Waals surface area contributed by atoms with E-state index in [1.165, 1.54) is 17.4 Å². The Morgan fingerprint density at radius 2 is 1.90 bits per heavy atom. The highest BCUT2D eigenvalue weighted by Gasteiger charge is 2.14. The third-order valence-electron chi connectivity index (χ3n) is 4.25. The highest BCUT2D eigenvalue weighted by molar-refractivity contribution is 7.14. The van der Waals surface area contributed by atoms with Crippen molar-refractivity contribution in [2.45, 2.75) is 26.3 Å². The largest absolute Gasteiger partial charge is 0.346 e. The van der Waals surface area contributed by atoms with Crippen molar-refractivity contribution >= 4 is 46.2 Å². The molecule has 6 nitrogen and oxygen atoms in total. The number of anilines is 1. The molecule has 0 fully saturated rings. The lowest BCUT2D eigenvalue weighted by molar-refractivity contribution is -0.116. The number of hydrogen-bond acceptors (Lipinski definition) is 5. The van der Waals surface area contributed by atoms with E-state index >= 15 is 0 Å². The SMILES string of the molecule is Cc1ccc(C(=O)CCC(=O)Nc2ccc(C(=O)NCc3ccccn3)c(Cl)c2)s1. The zero-order valence-electron chi connectivity index (χ0n) is 16.3. The maximum atomic E-state index is 12.3. The Labute approximate surface area is 183 Å². The lowest BCUT2D eigenvalue weighted by Gasteiger charge is -2.09. The summed E-state index contributed by atoms with van der Waals surface area (Å²) in [5, 5.41) is 5.68. The van der Waals surface area contributed by atoms with Crippen molar-refractivity contribution in [3.8, 4) is 0 Å². The first-order valence-electron chi connectivity index (χ1n) is 9.29. The van der Waals surface area contributed by atoms with Crippen molar-refractivity contribution in [2.24, 2.45) is 0 Å². The van der Waals surface area contributed by atoms with E-state index in [-0.39, 0.29) is 42.0 Å². The van der Waals surface area contributed by atoms with Gasteiger partial charge in [0.15, 0.2) is 5.78 Å². The summed E-state index contributed by atoms with van der Waals surface area (Å²) >= 11 is 7.64. The van der Waals surface area contributed by atoms with E-state index in [1.807, 2.05) is 25.1 Å². The van der Waals surface area contributed by atoms with E-state index in [2.05, 4.69) is 15.6 Å². The van der Waals surface area contributed by atoms with Gasteiger partial charge in [-0.15, -0.1) is 11.3 Å². The molecule has 0 atom stereocenters. The number of Topliss-reactive ketones (excluding diaryl/α,β-unsaturated/α-hetero) is 1. The van der Waals surface area contributed by atoms with Gasteiger partial charge in [-0.1, -0.05) is 17.7 Å². The number of halogens is 1. The van der Waals surface area contributed by atoms with E-state index in [0.717, 1.165) is 10.6 Å². The van der Waals surface area contributed by atoms with Crippen molar-refractivity contribution in [1.82, 2.24) is 10.3 Å². The molecule has 0 aliphatic carbocycles. The summed E-state index contributed by atoms with van der Waals surface area (Å²) in [6.07, 6.45) is 1.86. The summed E-state index contributed by atoms with van der Waals surface area (Å²) in [4.78, 5) is 42.5. The molecule has 1 aromatic carbocycles. The second kappa shape index (κ2) is 10.1. The van der Waals surface area contributed by atoms with Crippen molar-refractivity contribution in [3.63, 3.8) is 0 Å². The Bertz CT molecular complexity index is 1070. The van der Waals surface area contributed by atoms with Crippen molar-refractivity contribution in [2.75, 3.05) is 5.32 Å². The van der Waals surface area contributed by atoms with Gasteiger partial charge >= 0.3 is 0 Å². The molecule has 2 amide bonds. The Hall–Kier alpha value is -3.03. The Morgan fingerprint density at radius 1 is 1.07 bits per heavy atom. The topological polar surface area (TPSA) is 88.2 Å².